The number of nitrogens with two attached hydrogens (primary N) is 1. The molecular weight excluding hydrogens is 332 g/mol. The van der Waals surface area contributed by atoms with Crippen molar-refractivity contribution >= 4 is 23.5 Å². The van der Waals surface area contributed by atoms with Gasteiger partial charge in [0.1, 0.15) is 0 Å². The number of anilines is 1. The highest BCUT2D eigenvalue weighted by Crippen LogP contribution is 2.19. The van der Waals surface area contributed by atoms with Crippen LogP contribution < -0.4 is 21.7 Å². The van der Waals surface area contributed by atoms with Gasteiger partial charge in [0.2, 0.25) is 5.91 Å². The van der Waals surface area contributed by atoms with Crippen LogP contribution in [0.3, 0.4) is 0 Å². The summed E-state index contributed by atoms with van der Waals surface area (Å²) >= 11 is 0. The average molecular weight is 352 g/mol. The summed E-state index contributed by atoms with van der Waals surface area (Å²) in [6, 6.07) is 13.5. The van der Waals surface area contributed by atoms with Crippen molar-refractivity contribution in [3.63, 3.8) is 0 Å². The van der Waals surface area contributed by atoms with Crippen LogP contribution in [0.15, 0.2) is 48.5 Å². The number of carbonyl (C=O) groups excluding carboxylic acids is 3. The van der Waals surface area contributed by atoms with E-state index < -0.39 is 5.91 Å². The Balaban J connectivity index is 1.53. The van der Waals surface area contributed by atoms with Crippen molar-refractivity contribution in [2.45, 2.75) is 25.4 Å². The Bertz CT molecular complexity index is 829. The normalized spacial score (nSPS) is 12.9. The highest BCUT2D eigenvalue weighted by Gasteiger charge is 2.23. The Morgan fingerprint density at radius 2 is 1.73 bits per heavy atom. The fraction of sp³-hybridized carbons (Fsp3) is 0.211. The SMILES string of the molecule is NC(=O)c1cccc(CNC(=O)c2ccc(NC(=O)NC3CC3)cc2)c1. The molecule has 5 N–H and O–H groups in total. The van der Waals surface area contributed by atoms with E-state index in [0.717, 1.165) is 18.4 Å². The number of benzene rings is 2. The van der Waals surface area contributed by atoms with Gasteiger partial charge >= 0.3 is 6.03 Å². The first kappa shape index (κ1) is 17.5. The van der Waals surface area contributed by atoms with Crippen molar-refractivity contribution in [1.82, 2.24) is 10.6 Å². The van der Waals surface area contributed by atoms with Gasteiger partial charge in [0.25, 0.3) is 5.91 Å². The smallest absolute Gasteiger partial charge is 0.319 e. The van der Waals surface area contributed by atoms with Gasteiger partial charge in [-0.15, -0.1) is 0 Å². The van der Waals surface area contributed by atoms with Crippen molar-refractivity contribution in [2.75, 3.05) is 5.32 Å². The van der Waals surface area contributed by atoms with E-state index in [1.807, 2.05) is 0 Å². The van der Waals surface area contributed by atoms with Gasteiger partial charge < -0.3 is 21.7 Å². The molecule has 2 aromatic carbocycles. The van der Waals surface area contributed by atoms with Crippen molar-refractivity contribution in [3.8, 4) is 0 Å². The zero-order valence-corrected chi connectivity index (χ0v) is 14.1. The van der Waals surface area contributed by atoms with Crippen LogP contribution in [-0.2, 0) is 6.54 Å². The number of urea groups is 1. The summed E-state index contributed by atoms with van der Waals surface area (Å²) in [5, 5.41) is 8.34. The molecule has 0 aromatic heterocycles. The van der Waals surface area contributed by atoms with Crippen LogP contribution in [0.5, 0.6) is 0 Å². The fourth-order valence-corrected chi connectivity index (χ4v) is 2.40. The molecule has 3 rings (SSSR count). The Morgan fingerprint density at radius 1 is 1.00 bits per heavy atom. The minimum atomic E-state index is -0.507. The lowest BCUT2D eigenvalue weighted by molar-refractivity contribution is 0.0950. The number of rotatable bonds is 6. The van der Waals surface area contributed by atoms with Gasteiger partial charge in [0.05, 0.1) is 0 Å². The maximum absolute atomic E-state index is 12.2. The molecular formula is C19H20N4O3. The Kier molecular flexibility index (Phi) is 5.17. The second kappa shape index (κ2) is 7.69. The first-order valence-corrected chi connectivity index (χ1v) is 8.36. The summed E-state index contributed by atoms with van der Waals surface area (Å²) in [4.78, 5) is 35.1. The molecule has 1 aliphatic carbocycles. The minimum absolute atomic E-state index is 0.237. The lowest BCUT2D eigenvalue weighted by Crippen LogP contribution is -2.30. The van der Waals surface area contributed by atoms with Crippen LogP contribution in [0.2, 0.25) is 0 Å². The van der Waals surface area contributed by atoms with Gasteiger partial charge in [-0.25, -0.2) is 4.79 Å². The highest BCUT2D eigenvalue weighted by atomic mass is 16.2. The molecule has 0 heterocycles. The van der Waals surface area contributed by atoms with Crippen molar-refractivity contribution in [3.05, 3.63) is 65.2 Å². The molecule has 0 bridgehead atoms. The largest absolute Gasteiger partial charge is 0.366 e. The Hall–Kier alpha value is -3.35. The molecule has 2 aromatic rings. The van der Waals surface area contributed by atoms with E-state index in [0.29, 0.717) is 16.8 Å². The summed E-state index contributed by atoms with van der Waals surface area (Å²) in [7, 11) is 0. The van der Waals surface area contributed by atoms with Crippen molar-refractivity contribution in [2.24, 2.45) is 5.73 Å². The Labute approximate surface area is 151 Å². The molecule has 0 atom stereocenters. The first-order chi connectivity index (χ1) is 12.5. The molecule has 1 aliphatic rings. The number of amides is 4. The van der Waals surface area contributed by atoms with Gasteiger partial charge in [-0.05, 0) is 54.8 Å². The molecule has 0 spiro atoms. The first-order valence-electron chi connectivity index (χ1n) is 8.36. The van der Waals surface area contributed by atoms with Gasteiger partial charge in [0, 0.05) is 29.4 Å². The third-order valence-electron chi connectivity index (χ3n) is 3.98. The summed E-state index contributed by atoms with van der Waals surface area (Å²) in [6.07, 6.45) is 2.05. The monoisotopic (exact) mass is 352 g/mol. The molecule has 7 nitrogen and oxygen atoms in total. The predicted molar refractivity (Wildman–Crippen MR) is 97.7 cm³/mol. The summed E-state index contributed by atoms with van der Waals surface area (Å²) < 4.78 is 0. The molecule has 1 fully saturated rings. The van der Waals surface area contributed by atoms with Crippen LogP contribution in [0, 0.1) is 0 Å². The molecule has 1 saturated carbocycles. The van der Waals surface area contributed by atoms with E-state index in [2.05, 4.69) is 16.0 Å². The summed E-state index contributed by atoms with van der Waals surface area (Å²) in [5.74, 6) is -0.754. The lowest BCUT2D eigenvalue weighted by atomic mass is 10.1. The molecule has 0 radical (unpaired) electrons. The van der Waals surface area contributed by atoms with E-state index in [4.69, 9.17) is 5.73 Å². The molecule has 4 amide bonds. The maximum Gasteiger partial charge on any atom is 0.319 e. The van der Waals surface area contributed by atoms with E-state index in [-0.39, 0.29) is 24.5 Å². The molecule has 0 saturated heterocycles. The number of carbonyl (C=O) groups is 3. The highest BCUT2D eigenvalue weighted by molar-refractivity contribution is 5.96. The zero-order chi connectivity index (χ0) is 18.5. The number of nitrogens with one attached hydrogen (secondary N) is 3. The zero-order valence-electron chi connectivity index (χ0n) is 14.1. The lowest BCUT2D eigenvalue weighted by Gasteiger charge is -2.09. The van der Waals surface area contributed by atoms with E-state index in [1.165, 1.54) is 0 Å². The van der Waals surface area contributed by atoms with Crippen LogP contribution in [0.4, 0.5) is 10.5 Å². The van der Waals surface area contributed by atoms with Gasteiger partial charge in [-0.1, -0.05) is 12.1 Å². The topological polar surface area (TPSA) is 113 Å². The quantitative estimate of drug-likeness (QED) is 0.637. The van der Waals surface area contributed by atoms with Crippen LogP contribution in [0.1, 0.15) is 39.1 Å². The predicted octanol–water partition coefficient (Wildman–Crippen LogP) is 2.00. The van der Waals surface area contributed by atoms with Gasteiger partial charge in [-0.2, -0.15) is 0 Å². The average Bonchev–Trinajstić information content (AvgIpc) is 3.44. The van der Waals surface area contributed by atoms with Crippen LogP contribution >= 0.6 is 0 Å². The number of hydrogen-bond donors (Lipinski definition) is 4. The van der Waals surface area contributed by atoms with E-state index >= 15 is 0 Å². The number of hydrogen-bond acceptors (Lipinski definition) is 3. The second-order valence-corrected chi connectivity index (χ2v) is 6.20. The molecule has 0 aliphatic heterocycles. The van der Waals surface area contributed by atoms with E-state index in [9.17, 15) is 14.4 Å². The minimum Gasteiger partial charge on any atom is -0.366 e. The van der Waals surface area contributed by atoms with Crippen LogP contribution in [-0.4, -0.2) is 23.9 Å². The van der Waals surface area contributed by atoms with Crippen molar-refractivity contribution < 1.29 is 14.4 Å². The standard InChI is InChI=1S/C19H20N4O3/c20-17(24)14-3-1-2-12(10-14)11-21-18(25)13-4-6-15(7-5-13)22-19(26)23-16-8-9-16/h1-7,10,16H,8-9,11H2,(H2,20,24)(H,21,25)(H2,22,23,26). The van der Waals surface area contributed by atoms with Gasteiger partial charge in [0.15, 0.2) is 0 Å². The van der Waals surface area contributed by atoms with Crippen molar-refractivity contribution in [1.29, 1.82) is 0 Å². The third kappa shape index (κ3) is 4.83. The van der Waals surface area contributed by atoms with Gasteiger partial charge in [-0.3, -0.25) is 9.59 Å². The molecule has 134 valence electrons. The third-order valence-corrected chi connectivity index (χ3v) is 3.98. The Morgan fingerprint density at radius 3 is 2.38 bits per heavy atom. The molecule has 26 heavy (non-hydrogen) atoms. The van der Waals surface area contributed by atoms with Crippen LogP contribution in [0.25, 0.3) is 0 Å². The van der Waals surface area contributed by atoms with E-state index in [1.54, 1.807) is 48.5 Å². The maximum atomic E-state index is 12.2. The number of primary amides is 1. The fourth-order valence-electron chi connectivity index (χ4n) is 2.40. The molecule has 0 unspecified atom stereocenters. The second-order valence-electron chi connectivity index (χ2n) is 6.20. The summed E-state index contributed by atoms with van der Waals surface area (Å²) in [5.41, 5.74) is 7.52. The molecule has 7 heteroatoms. The summed E-state index contributed by atoms with van der Waals surface area (Å²) in [6.45, 7) is 0.281.